The summed E-state index contributed by atoms with van der Waals surface area (Å²) in [7, 11) is 0. The first-order valence-corrected chi connectivity index (χ1v) is 14.0. The minimum atomic E-state index is -1.10. The first-order valence-electron chi connectivity index (χ1n) is 14.0. The largest absolute Gasteiger partial charge is 0.444 e. The van der Waals surface area contributed by atoms with Crippen molar-refractivity contribution in [3.8, 4) is 0 Å². The van der Waals surface area contributed by atoms with Crippen LogP contribution in [0, 0.1) is 29.1 Å². The molecular formula is C28H46N4O6. The molecule has 10 heteroatoms. The van der Waals surface area contributed by atoms with Gasteiger partial charge in [0, 0.05) is 6.54 Å². The van der Waals surface area contributed by atoms with E-state index in [-0.39, 0.29) is 41.4 Å². The lowest BCUT2D eigenvalue weighted by Crippen LogP contribution is -2.59. The number of carbonyl (C=O) groups is 5. The first-order chi connectivity index (χ1) is 17.5. The van der Waals surface area contributed by atoms with Crippen LogP contribution in [0.4, 0.5) is 4.79 Å². The lowest BCUT2D eigenvalue weighted by Gasteiger charge is -2.37. The van der Waals surface area contributed by atoms with Crippen molar-refractivity contribution in [1.82, 2.24) is 15.5 Å². The summed E-state index contributed by atoms with van der Waals surface area (Å²) in [6.45, 7) is 13.6. The summed E-state index contributed by atoms with van der Waals surface area (Å²) in [6.07, 6.45) is 4.24. The number of hydrogen-bond donors (Lipinski definition) is 3. The molecule has 0 bridgehead atoms. The second kappa shape index (κ2) is 11.2. The highest BCUT2D eigenvalue weighted by Gasteiger charge is 2.69. The highest BCUT2D eigenvalue weighted by molar-refractivity contribution is 6.37. The maximum Gasteiger partial charge on any atom is 0.408 e. The molecule has 2 aliphatic carbocycles. The van der Waals surface area contributed by atoms with Crippen LogP contribution in [0.15, 0.2) is 0 Å². The number of rotatable bonds is 9. The Morgan fingerprint density at radius 2 is 1.63 bits per heavy atom. The topological polar surface area (TPSA) is 148 Å². The van der Waals surface area contributed by atoms with Crippen molar-refractivity contribution in [3.63, 3.8) is 0 Å². The average molecular weight is 535 g/mol. The fourth-order valence-electron chi connectivity index (χ4n) is 6.41. The molecule has 3 rings (SSSR count). The van der Waals surface area contributed by atoms with Gasteiger partial charge in [-0.25, -0.2) is 4.79 Å². The Kier molecular flexibility index (Phi) is 8.83. The second-order valence-electron chi connectivity index (χ2n) is 13.3. The van der Waals surface area contributed by atoms with E-state index in [0.29, 0.717) is 6.54 Å². The fraction of sp³-hybridized carbons (Fsp3) is 0.821. The number of alkyl carbamates (subject to hydrolysis) is 1. The standard InChI is InChI=1S/C28H46N4O6/c1-15(2)13-18(22(33)23(29)34)30-24(35)21-19-17(28(19,6)7)14-32(21)25(36)20(16-11-9-8-10-12-16)31-26(37)38-27(3,4)5/h15-21H,8-14H2,1-7H3,(H2,29,34)(H,30,35)(H,31,37)/t17-,18-,19-,20?,21?/m0/s1. The molecule has 2 unspecified atom stereocenters. The summed E-state index contributed by atoms with van der Waals surface area (Å²) in [6, 6.07) is -2.66. The van der Waals surface area contributed by atoms with E-state index in [1.54, 1.807) is 25.7 Å². The maximum atomic E-state index is 14.1. The van der Waals surface area contributed by atoms with Crippen LogP contribution in [0.1, 0.15) is 87.0 Å². The lowest BCUT2D eigenvalue weighted by atomic mass is 9.83. The third-order valence-corrected chi connectivity index (χ3v) is 8.40. The van der Waals surface area contributed by atoms with Crippen molar-refractivity contribution >= 4 is 29.6 Å². The molecule has 4 N–H and O–H groups in total. The fourth-order valence-corrected chi connectivity index (χ4v) is 6.41. The molecule has 0 aromatic heterocycles. The zero-order chi connectivity index (χ0) is 28.6. The van der Waals surface area contributed by atoms with E-state index in [1.807, 2.05) is 13.8 Å². The van der Waals surface area contributed by atoms with Gasteiger partial charge in [0.2, 0.25) is 17.6 Å². The Bertz CT molecular complexity index is 949. The number of fused-ring (bicyclic) bond motifs is 1. The van der Waals surface area contributed by atoms with Crippen molar-refractivity contribution in [2.45, 2.75) is 111 Å². The summed E-state index contributed by atoms with van der Waals surface area (Å²) in [5.74, 6) is -2.68. The number of ketones is 1. The Morgan fingerprint density at radius 3 is 2.16 bits per heavy atom. The quantitative estimate of drug-likeness (QED) is 0.387. The molecule has 4 amide bonds. The first kappa shape index (κ1) is 29.9. The molecule has 2 saturated carbocycles. The Hall–Kier alpha value is -2.65. The third kappa shape index (κ3) is 6.67. The molecule has 3 fully saturated rings. The number of Topliss-reactive ketones (excluding diaryl/α,β-unsaturated/α-hetero) is 1. The van der Waals surface area contributed by atoms with Crippen LogP contribution >= 0.6 is 0 Å². The van der Waals surface area contributed by atoms with Crippen LogP contribution in [0.5, 0.6) is 0 Å². The number of hydrogen-bond acceptors (Lipinski definition) is 6. The average Bonchev–Trinajstić information content (AvgIpc) is 3.14. The highest BCUT2D eigenvalue weighted by atomic mass is 16.6. The van der Waals surface area contributed by atoms with E-state index in [1.165, 1.54) is 0 Å². The van der Waals surface area contributed by atoms with E-state index in [4.69, 9.17) is 10.5 Å². The molecule has 5 atom stereocenters. The lowest BCUT2D eigenvalue weighted by molar-refractivity contribution is -0.144. The van der Waals surface area contributed by atoms with E-state index in [9.17, 15) is 24.0 Å². The van der Waals surface area contributed by atoms with Gasteiger partial charge in [-0.1, -0.05) is 47.0 Å². The number of amides is 4. The van der Waals surface area contributed by atoms with Crippen molar-refractivity contribution in [2.24, 2.45) is 34.8 Å². The van der Waals surface area contributed by atoms with E-state index >= 15 is 0 Å². The molecule has 1 saturated heterocycles. The van der Waals surface area contributed by atoms with Gasteiger partial charge in [0.25, 0.3) is 5.91 Å². The van der Waals surface area contributed by atoms with Crippen molar-refractivity contribution in [2.75, 3.05) is 6.54 Å². The van der Waals surface area contributed by atoms with Gasteiger partial charge in [-0.3, -0.25) is 19.2 Å². The van der Waals surface area contributed by atoms with Gasteiger partial charge in [-0.2, -0.15) is 0 Å². The van der Waals surface area contributed by atoms with Crippen molar-refractivity contribution < 1.29 is 28.7 Å². The van der Waals surface area contributed by atoms with Gasteiger partial charge in [-0.05, 0) is 69.1 Å². The third-order valence-electron chi connectivity index (χ3n) is 8.40. The molecule has 1 aliphatic heterocycles. The summed E-state index contributed by atoms with van der Waals surface area (Å²) in [4.78, 5) is 66.2. The van der Waals surface area contributed by atoms with Gasteiger partial charge in [0.15, 0.2) is 0 Å². The number of primary amides is 1. The highest BCUT2D eigenvalue weighted by Crippen LogP contribution is 2.65. The van der Waals surface area contributed by atoms with Gasteiger partial charge in [0.1, 0.15) is 17.7 Å². The Balaban J connectivity index is 1.86. The number of nitrogens with one attached hydrogen (secondary N) is 2. The van der Waals surface area contributed by atoms with Crippen LogP contribution in [-0.4, -0.2) is 64.8 Å². The number of piperidine rings is 1. The zero-order valence-electron chi connectivity index (χ0n) is 24.0. The molecule has 10 nitrogen and oxygen atoms in total. The van der Waals surface area contributed by atoms with E-state index in [0.717, 1.165) is 32.1 Å². The maximum absolute atomic E-state index is 14.1. The van der Waals surface area contributed by atoms with Gasteiger partial charge in [-0.15, -0.1) is 0 Å². The molecule has 3 aliphatic rings. The number of likely N-dealkylation sites (tertiary alicyclic amines) is 1. The van der Waals surface area contributed by atoms with Crippen LogP contribution in [-0.2, 0) is 23.9 Å². The van der Waals surface area contributed by atoms with Crippen molar-refractivity contribution in [1.29, 1.82) is 0 Å². The molecule has 0 aromatic carbocycles. The molecule has 1 heterocycles. The van der Waals surface area contributed by atoms with Gasteiger partial charge in [0.05, 0.1) is 6.04 Å². The molecule has 38 heavy (non-hydrogen) atoms. The van der Waals surface area contributed by atoms with E-state index in [2.05, 4.69) is 24.5 Å². The van der Waals surface area contributed by atoms with Crippen LogP contribution in [0.3, 0.4) is 0 Å². The summed E-state index contributed by atoms with van der Waals surface area (Å²) in [5.41, 5.74) is 4.39. The predicted molar refractivity (Wildman–Crippen MR) is 142 cm³/mol. The van der Waals surface area contributed by atoms with Crippen LogP contribution in [0.25, 0.3) is 0 Å². The second-order valence-corrected chi connectivity index (χ2v) is 13.3. The van der Waals surface area contributed by atoms with Gasteiger partial charge >= 0.3 is 6.09 Å². The number of ether oxygens (including phenoxy) is 1. The number of nitrogens with two attached hydrogens (primary N) is 1. The number of carbonyl (C=O) groups excluding carboxylic acids is 5. The minimum Gasteiger partial charge on any atom is -0.444 e. The van der Waals surface area contributed by atoms with E-state index < -0.39 is 47.4 Å². The SMILES string of the molecule is CC(C)C[C@H](NC(=O)C1[C@@H]2[C@H](CN1C(=O)C(NC(=O)OC(C)(C)C)C1CCCCC1)C2(C)C)C(=O)C(N)=O. The molecule has 0 radical (unpaired) electrons. The molecule has 0 aromatic rings. The zero-order valence-corrected chi connectivity index (χ0v) is 24.0. The summed E-state index contributed by atoms with van der Waals surface area (Å²) >= 11 is 0. The van der Waals surface area contributed by atoms with Crippen LogP contribution in [0.2, 0.25) is 0 Å². The molecular weight excluding hydrogens is 488 g/mol. The normalized spacial score (nSPS) is 26.2. The minimum absolute atomic E-state index is 0.0312. The van der Waals surface area contributed by atoms with Crippen LogP contribution < -0.4 is 16.4 Å². The monoisotopic (exact) mass is 534 g/mol. The predicted octanol–water partition coefficient (Wildman–Crippen LogP) is 2.53. The molecule has 214 valence electrons. The Morgan fingerprint density at radius 1 is 1.03 bits per heavy atom. The van der Waals surface area contributed by atoms with Gasteiger partial charge < -0.3 is 26.0 Å². The Labute approximate surface area is 226 Å². The smallest absolute Gasteiger partial charge is 0.408 e. The number of nitrogens with zero attached hydrogens (tertiary/aromatic N) is 1. The summed E-state index contributed by atoms with van der Waals surface area (Å²) < 4.78 is 5.47. The summed E-state index contributed by atoms with van der Waals surface area (Å²) in [5, 5.41) is 5.58. The van der Waals surface area contributed by atoms with Crippen molar-refractivity contribution in [3.05, 3.63) is 0 Å². The molecule has 0 spiro atoms.